The number of hydrogen-bond acceptors (Lipinski definition) is 2. The smallest absolute Gasteiger partial charge is 0.138 e. The SMILES string of the molecule is Clc1cc(CC2CCCCN2)ccc1OC1CCC1. The Balaban J connectivity index is 1.61. The lowest BCUT2D eigenvalue weighted by Crippen LogP contribution is -2.35. The highest BCUT2D eigenvalue weighted by molar-refractivity contribution is 6.32. The minimum Gasteiger partial charge on any atom is -0.489 e. The van der Waals surface area contributed by atoms with Gasteiger partial charge in [-0.15, -0.1) is 0 Å². The molecule has 1 atom stereocenters. The van der Waals surface area contributed by atoms with Crippen LogP contribution < -0.4 is 10.1 Å². The van der Waals surface area contributed by atoms with E-state index in [2.05, 4.69) is 17.4 Å². The van der Waals surface area contributed by atoms with E-state index >= 15 is 0 Å². The van der Waals surface area contributed by atoms with E-state index < -0.39 is 0 Å². The molecular weight excluding hydrogens is 258 g/mol. The van der Waals surface area contributed by atoms with Gasteiger partial charge in [0.25, 0.3) is 0 Å². The summed E-state index contributed by atoms with van der Waals surface area (Å²) in [4.78, 5) is 0. The molecule has 3 heteroatoms. The van der Waals surface area contributed by atoms with Gasteiger partial charge in [0.15, 0.2) is 0 Å². The average Bonchev–Trinajstić information content (AvgIpc) is 2.37. The van der Waals surface area contributed by atoms with Crippen LogP contribution in [0.5, 0.6) is 5.75 Å². The molecule has 1 aromatic carbocycles. The van der Waals surface area contributed by atoms with Gasteiger partial charge in [0.2, 0.25) is 0 Å². The van der Waals surface area contributed by atoms with Crippen LogP contribution in [0.1, 0.15) is 44.1 Å². The van der Waals surface area contributed by atoms with Gasteiger partial charge in [-0.2, -0.15) is 0 Å². The molecule has 104 valence electrons. The first-order valence-corrected chi connectivity index (χ1v) is 7.87. The van der Waals surface area contributed by atoms with Gasteiger partial charge in [-0.3, -0.25) is 0 Å². The fourth-order valence-electron chi connectivity index (χ4n) is 2.82. The Kier molecular flexibility index (Phi) is 4.29. The summed E-state index contributed by atoms with van der Waals surface area (Å²) in [5.41, 5.74) is 1.31. The minimum absolute atomic E-state index is 0.392. The second kappa shape index (κ2) is 6.15. The first-order chi connectivity index (χ1) is 9.31. The molecule has 3 rings (SSSR count). The molecule has 0 spiro atoms. The van der Waals surface area contributed by atoms with Crippen LogP contribution in [0.25, 0.3) is 0 Å². The molecule has 2 nitrogen and oxygen atoms in total. The summed E-state index contributed by atoms with van der Waals surface area (Å²) < 4.78 is 5.88. The number of rotatable bonds is 4. The molecule has 1 aromatic rings. The largest absolute Gasteiger partial charge is 0.489 e. The molecule has 1 heterocycles. The van der Waals surface area contributed by atoms with Gasteiger partial charge in [-0.05, 0) is 62.8 Å². The summed E-state index contributed by atoms with van der Waals surface area (Å²) >= 11 is 6.33. The zero-order valence-electron chi connectivity index (χ0n) is 11.3. The van der Waals surface area contributed by atoms with Crippen LogP contribution in [-0.4, -0.2) is 18.7 Å². The van der Waals surface area contributed by atoms with Crippen molar-refractivity contribution in [3.05, 3.63) is 28.8 Å². The van der Waals surface area contributed by atoms with E-state index in [1.807, 2.05) is 6.07 Å². The Bertz CT molecular complexity index is 425. The third-order valence-corrected chi connectivity index (χ3v) is 4.53. The van der Waals surface area contributed by atoms with Crippen molar-refractivity contribution in [1.29, 1.82) is 0 Å². The van der Waals surface area contributed by atoms with Crippen LogP contribution in [0.4, 0.5) is 0 Å². The van der Waals surface area contributed by atoms with Gasteiger partial charge < -0.3 is 10.1 Å². The third kappa shape index (κ3) is 3.43. The van der Waals surface area contributed by atoms with Gasteiger partial charge in [0.05, 0.1) is 11.1 Å². The first kappa shape index (κ1) is 13.3. The first-order valence-electron chi connectivity index (χ1n) is 7.50. The van der Waals surface area contributed by atoms with Crippen molar-refractivity contribution in [3.8, 4) is 5.75 Å². The summed E-state index contributed by atoms with van der Waals surface area (Å²) in [6, 6.07) is 6.89. The summed E-state index contributed by atoms with van der Waals surface area (Å²) in [5, 5.41) is 4.34. The monoisotopic (exact) mass is 279 g/mol. The Morgan fingerprint density at radius 2 is 2.05 bits per heavy atom. The Hall–Kier alpha value is -0.730. The van der Waals surface area contributed by atoms with Crippen LogP contribution >= 0.6 is 11.6 Å². The molecule has 1 unspecified atom stereocenters. The summed E-state index contributed by atoms with van der Waals surface area (Å²) in [6.07, 6.45) is 9.02. The molecule has 1 aliphatic carbocycles. The number of benzene rings is 1. The standard InChI is InChI=1S/C16H22ClNO/c17-15-11-12(10-13-4-1-2-9-18-13)7-8-16(15)19-14-5-3-6-14/h7-8,11,13-14,18H,1-6,9-10H2. The fraction of sp³-hybridized carbons (Fsp3) is 0.625. The zero-order chi connectivity index (χ0) is 13.1. The van der Waals surface area contributed by atoms with Crippen molar-refractivity contribution >= 4 is 11.6 Å². The molecule has 0 bridgehead atoms. The molecule has 0 radical (unpaired) electrons. The van der Waals surface area contributed by atoms with E-state index in [1.165, 1.54) is 44.1 Å². The Morgan fingerprint density at radius 3 is 2.68 bits per heavy atom. The van der Waals surface area contributed by atoms with Gasteiger partial charge >= 0.3 is 0 Å². The molecule has 1 N–H and O–H groups in total. The normalized spacial score (nSPS) is 23.9. The molecule has 0 amide bonds. The number of nitrogens with one attached hydrogen (secondary N) is 1. The van der Waals surface area contributed by atoms with Gasteiger partial charge in [-0.1, -0.05) is 24.1 Å². The van der Waals surface area contributed by atoms with Crippen LogP contribution in [-0.2, 0) is 6.42 Å². The van der Waals surface area contributed by atoms with E-state index in [9.17, 15) is 0 Å². The van der Waals surface area contributed by atoms with Crippen molar-refractivity contribution in [2.45, 2.75) is 57.1 Å². The zero-order valence-corrected chi connectivity index (χ0v) is 12.1. The van der Waals surface area contributed by atoms with Crippen molar-refractivity contribution in [2.24, 2.45) is 0 Å². The predicted octanol–water partition coefficient (Wildman–Crippen LogP) is 3.96. The molecule has 2 fully saturated rings. The van der Waals surface area contributed by atoms with E-state index in [0.29, 0.717) is 12.1 Å². The predicted molar refractivity (Wildman–Crippen MR) is 79.1 cm³/mol. The topological polar surface area (TPSA) is 21.3 Å². The number of ether oxygens (including phenoxy) is 1. The summed E-state index contributed by atoms with van der Waals surface area (Å²) in [5.74, 6) is 0.853. The van der Waals surface area contributed by atoms with Crippen LogP contribution in [0, 0.1) is 0 Å². The molecule has 0 aromatic heterocycles. The van der Waals surface area contributed by atoms with Gasteiger partial charge in [0, 0.05) is 6.04 Å². The Morgan fingerprint density at radius 1 is 1.16 bits per heavy atom. The second-order valence-corrected chi connectivity index (χ2v) is 6.19. The van der Waals surface area contributed by atoms with Crippen LogP contribution in [0.3, 0.4) is 0 Å². The summed E-state index contributed by atoms with van der Waals surface area (Å²) in [6.45, 7) is 1.15. The van der Waals surface area contributed by atoms with E-state index in [0.717, 1.165) is 23.7 Å². The second-order valence-electron chi connectivity index (χ2n) is 5.79. The van der Waals surface area contributed by atoms with Crippen molar-refractivity contribution in [2.75, 3.05) is 6.54 Å². The van der Waals surface area contributed by atoms with E-state index in [4.69, 9.17) is 16.3 Å². The lowest BCUT2D eigenvalue weighted by Gasteiger charge is -2.27. The quantitative estimate of drug-likeness (QED) is 0.901. The molecule has 1 aliphatic heterocycles. The highest BCUT2D eigenvalue weighted by Gasteiger charge is 2.20. The minimum atomic E-state index is 0.392. The maximum atomic E-state index is 6.33. The number of piperidine rings is 1. The average molecular weight is 280 g/mol. The number of hydrogen-bond donors (Lipinski definition) is 1. The van der Waals surface area contributed by atoms with Crippen molar-refractivity contribution in [3.63, 3.8) is 0 Å². The highest BCUT2D eigenvalue weighted by atomic mass is 35.5. The highest BCUT2D eigenvalue weighted by Crippen LogP contribution is 2.31. The molecule has 1 saturated heterocycles. The van der Waals surface area contributed by atoms with Crippen LogP contribution in [0.2, 0.25) is 5.02 Å². The third-order valence-electron chi connectivity index (χ3n) is 4.24. The molecular formula is C16H22ClNO. The molecule has 2 aliphatic rings. The molecule has 19 heavy (non-hydrogen) atoms. The maximum absolute atomic E-state index is 6.33. The van der Waals surface area contributed by atoms with Crippen LogP contribution in [0.15, 0.2) is 18.2 Å². The Labute approximate surface area is 120 Å². The fourth-order valence-corrected chi connectivity index (χ4v) is 3.07. The maximum Gasteiger partial charge on any atom is 0.138 e. The number of halogens is 1. The molecule has 1 saturated carbocycles. The lowest BCUT2D eigenvalue weighted by molar-refractivity contribution is 0.120. The van der Waals surface area contributed by atoms with Crippen molar-refractivity contribution < 1.29 is 4.74 Å². The van der Waals surface area contributed by atoms with Gasteiger partial charge in [0.1, 0.15) is 5.75 Å². The van der Waals surface area contributed by atoms with Gasteiger partial charge in [-0.25, -0.2) is 0 Å². The van der Waals surface area contributed by atoms with E-state index in [1.54, 1.807) is 0 Å². The van der Waals surface area contributed by atoms with Crippen molar-refractivity contribution in [1.82, 2.24) is 5.32 Å². The van der Waals surface area contributed by atoms with E-state index in [-0.39, 0.29) is 0 Å². The summed E-state index contributed by atoms with van der Waals surface area (Å²) in [7, 11) is 0. The lowest BCUT2D eigenvalue weighted by atomic mass is 9.96.